The summed E-state index contributed by atoms with van der Waals surface area (Å²) in [5.41, 5.74) is 2.46. The number of methoxy groups -OCH3 is 1. The van der Waals surface area contributed by atoms with Crippen molar-refractivity contribution in [2.75, 3.05) is 32.6 Å². The molecule has 1 N–H and O–H groups in total. The number of carboxylic acid groups (broad SMARTS) is 1. The third kappa shape index (κ3) is 7.57. The number of H-pyrrole nitrogens is 1. The molecular weight excluding hydrogens is 679 g/mol. The second kappa shape index (κ2) is 14.9. The lowest BCUT2D eigenvalue weighted by atomic mass is 9.89. The number of nitriles is 1. The first-order valence-electron chi connectivity index (χ1n) is 15.9. The number of hydrogen-bond acceptors (Lipinski definition) is 9. The van der Waals surface area contributed by atoms with E-state index >= 15 is 0 Å². The summed E-state index contributed by atoms with van der Waals surface area (Å²) >= 11 is 0. The van der Waals surface area contributed by atoms with Gasteiger partial charge in [0.25, 0.3) is 0 Å². The van der Waals surface area contributed by atoms with Crippen LogP contribution in [-0.2, 0) is 33.5 Å². The lowest BCUT2D eigenvalue weighted by molar-refractivity contribution is -0.903. The Morgan fingerprint density at radius 1 is 1.12 bits per heavy atom. The van der Waals surface area contributed by atoms with Gasteiger partial charge in [-0.05, 0) is 66.6 Å². The van der Waals surface area contributed by atoms with Crippen LogP contribution in [0.1, 0.15) is 40.8 Å². The highest BCUT2D eigenvalue weighted by Crippen LogP contribution is 2.43. The SMILES string of the molecule is COC(=O)C1=C(C)N(c2cccc(C(F)(F)F)c2)c2n[nH]c(=O)n2[C@@H]1c1ccc(C#N)cc1CC[N+](C)(C)Cc1ccc2ncccc2c1.O=C[O-]. The number of likely N-dealkylation sites (N-methyl/N-ethyl adjacent to an activating group) is 1. The van der Waals surface area contributed by atoms with E-state index in [1.165, 1.54) is 28.7 Å². The molecule has 1 aliphatic heterocycles. The molecule has 0 aliphatic carbocycles. The number of nitrogens with zero attached hydrogens (tertiary/aromatic N) is 6. The van der Waals surface area contributed by atoms with Gasteiger partial charge in [0.05, 0.1) is 56.0 Å². The number of alkyl halides is 3. The number of esters is 1. The summed E-state index contributed by atoms with van der Waals surface area (Å²) in [4.78, 5) is 41.0. The fourth-order valence-corrected chi connectivity index (χ4v) is 6.46. The van der Waals surface area contributed by atoms with Gasteiger partial charge in [-0.2, -0.15) is 18.4 Å². The van der Waals surface area contributed by atoms with Gasteiger partial charge < -0.3 is 19.1 Å². The molecule has 2 aromatic heterocycles. The number of aromatic nitrogens is 4. The number of allylic oxidation sites excluding steroid dienone is 1. The molecule has 1 atom stereocenters. The number of halogens is 3. The fourth-order valence-electron chi connectivity index (χ4n) is 6.46. The molecular formula is C37H34F3N7O5. The number of pyridine rings is 1. The topological polar surface area (TPSA) is 157 Å². The Bertz CT molecular complexity index is 2270. The van der Waals surface area contributed by atoms with Gasteiger partial charge in [-0.3, -0.25) is 9.88 Å². The summed E-state index contributed by atoms with van der Waals surface area (Å²) in [6, 6.07) is 20.8. The third-order valence-electron chi connectivity index (χ3n) is 8.81. The highest BCUT2D eigenvalue weighted by Gasteiger charge is 2.41. The Hall–Kier alpha value is -6.27. The predicted octanol–water partition coefficient (Wildman–Crippen LogP) is 4.38. The van der Waals surface area contributed by atoms with Crippen molar-refractivity contribution >= 4 is 35.0 Å². The van der Waals surface area contributed by atoms with Crippen LogP contribution in [-0.4, -0.2) is 64.4 Å². The first kappa shape index (κ1) is 37.0. The maximum absolute atomic E-state index is 13.7. The van der Waals surface area contributed by atoms with E-state index in [0.29, 0.717) is 35.1 Å². The number of aromatic amines is 1. The van der Waals surface area contributed by atoms with Crippen LogP contribution in [0.3, 0.4) is 0 Å². The predicted molar refractivity (Wildman–Crippen MR) is 183 cm³/mol. The van der Waals surface area contributed by atoms with Crippen molar-refractivity contribution in [3.05, 3.63) is 129 Å². The Morgan fingerprint density at radius 3 is 2.56 bits per heavy atom. The summed E-state index contributed by atoms with van der Waals surface area (Å²) in [5.74, 6) is -0.771. The van der Waals surface area contributed by atoms with Gasteiger partial charge in [-0.1, -0.05) is 24.3 Å². The minimum absolute atomic E-state index is 0.00306. The molecule has 1 aliphatic rings. The van der Waals surface area contributed by atoms with E-state index in [0.717, 1.165) is 34.2 Å². The lowest BCUT2D eigenvalue weighted by Gasteiger charge is -2.36. The molecule has 15 heteroatoms. The maximum Gasteiger partial charge on any atom is 0.416 e. The average Bonchev–Trinajstić information content (AvgIpc) is 3.50. The maximum atomic E-state index is 13.7. The zero-order valence-electron chi connectivity index (χ0n) is 28.6. The van der Waals surface area contributed by atoms with Crippen molar-refractivity contribution in [2.45, 2.75) is 32.1 Å². The van der Waals surface area contributed by atoms with Crippen molar-refractivity contribution in [1.82, 2.24) is 19.7 Å². The minimum atomic E-state index is -4.63. The highest BCUT2D eigenvalue weighted by molar-refractivity contribution is 5.93. The van der Waals surface area contributed by atoms with Crippen LogP contribution in [0.2, 0.25) is 0 Å². The molecule has 0 fully saturated rings. The van der Waals surface area contributed by atoms with Gasteiger partial charge >= 0.3 is 17.8 Å². The molecule has 0 unspecified atom stereocenters. The van der Waals surface area contributed by atoms with E-state index in [1.54, 1.807) is 31.3 Å². The van der Waals surface area contributed by atoms with Gasteiger partial charge in [0.1, 0.15) is 12.6 Å². The van der Waals surface area contributed by atoms with Crippen LogP contribution < -0.4 is 15.7 Å². The number of ether oxygens (including phenoxy) is 1. The van der Waals surface area contributed by atoms with E-state index in [2.05, 4.69) is 47.5 Å². The molecule has 6 rings (SSSR count). The molecule has 0 radical (unpaired) electrons. The first-order valence-corrected chi connectivity index (χ1v) is 15.9. The monoisotopic (exact) mass is 713 g/mol. The van der Waals surface area contributed by atoms with Gasteiger partial charge in [0.15, 0.2) is 0 Å². The molecule has 52 heavy (non-hydrogen) atoms. The number of nitrogens with one attached hydrogen (secondary N) is 1. The van der Waals surface area contributed by atoms with Crippen molar-refractivity contribution in [3.63, 3.8) is 0 Å². The van der Waals surface area contributed by atoms with Crippen molar-refractivity contribution in [1.29, 1.82) is 5.26 Å². The first-order chi connectivity index (χ1) is 24.7. The van der Waals surface area contributed by atoms with Crippen LogP contribution in [0.4, 0.5) is 24.8 Å². The standard InChI is InChI=1S/C36H32F3N7O3.CH2O2/c1-22-31(33(47)49-4)32(45-34(42-43-35(45)48)44(22)28-9-5-8-27(19-28)36(37,38)39)29-12-10-23(20-40)17-25(29)14-16-46(2,3)21-24-11-13-30-26(18-24)7-6-15-41-30;2-1-3/h5-13,15,17-19,32H,14,16,21H2,1-4H3;1H,(H,2,3)/t32-;/m1./s1. The Balaban J connectivity index is 0.00000168. The van der Waals surface area contributed by atoms with E-state index in [4.69, 9.17) is 14.6 Å². The van der Waals surface area contributed by atoms with E-state index in [1.807, 2.05) is 18.2 Å². The Morgan fingerprint density at radius 2 is 1.87 bits per heavy atom. The summed E-state index contributed by atoms with van der Waals surface area (Å²) in [6.07, 6.45) is -2.40. The summed E-state index contributed by atoms with van der Waals surface area (Å²) in [6.45, 7) is 2.40. The summed E-state index contributed by atoms with van der Waals surface area (Å²) < 4.78 is 48.2. The molecule has 0 spiro atoms. The second-order valence-corrected chi connectivity index (χ2v) is 12.7. The number of benzene rings is 3. The smallest absolute Gasteiger partial charge is 0.416 e. The van der Waals surface area contributed by atoms with E-state index < -0.39 is 35.9 Å². The van der Waals surface area contributed by atoms with Crippen LogP contribution in [0.25, 0.3) is 10.9 Å². The zero-order valence-corrected chi connectivity index (χ0v) is 28.6. The largest absolute Gasteiger partial charge is 0.554 e. The number of carbonyl (C=O) groups is 2. The second-order valence-electron chi connectivity index (χ2n) is 12.7. The summed E-state index contributed by atoms with van der Waals surface area (Å²) in [5, 5.41) is 25.7. The van der Waals surface area contributed by atoms with Crippen molar-refractivity contribution in [2.24, 2.45) is 0 Å². The average molecular weight is 714 g/mol. The van der Waals surface area contributed by atoms with Crippen LogP contribution in [0.15, 0.2) is 95.1 Å². The molecule has 5 aromatic rings. The number of hydrogen-bond donors (Lipinski definition) is 1. The normalized spacial score (nSPS) is 14.3. The molecule has 0 saturated heterocycles. The molecule has 3 aromatic carbocycles. The Labute approximate surface area is 296 Å². The lowest BCUT2D eigenvalue weighted by Crippen LogP contribution is -2.41. The molecule has 0 amide bonds. The van der Waals surface area contributed by atoms with Crippen molar-refractivity contribution < 1.29 is 37.1 Å². The van der Waals surface area contributed by atoms with Crippen LogP contribution >= 0.6 is 0 Å². The molecule has 268 valence electrons. The van der Waals surface area contributed by atoms with Gasteiger partial charge in [-0.25, -0.2) is 19.3 Å². The quantitative estimate of drug-likeness (QED) is 0.140. The van der Waals surface area contributed by atoms with Crippen molar-refractivity contribution in [3.8, 4) is 6.07 Å². The fraction of sp³-hybridized carbons (Fsp3) is 0.243. The number of anilines is 2. The number of fused-ring (bicyclic) bond motifs is 2. The minimum Gasteiger partial charge on any atom is -0.554 e. The highest BCUT2D eigenvalue weighted by atomic mass is 19.4. The molecule has 3 heterocycles. The van der Waals surface area contributed by atoms with Gasteiger partial charge in [-0.15, -0.1) is 5.10 Å². The molecule has 0 saturated carbocycles. The Kier molecular flexibility index (Phi) is 10.6. The van der Waals surface area contributed by atoms with Gasteiger partial charge in [0, 0.05) is 41.4 Å². The van der Waals surface area contributed by atoms with Gasteiger partial charge in [0.2, 0.25) is 5.95 Å². The molecule has 0 bridgehead atoms. The van der Waals surface area contributed by atoms with E-state index in [9.17, 15) is 28.0 Å². The number of quaternary nitrogens is 1. The van der Waals surface area contributed by atoms with E-state index in [-0.39, 0.29) is 22.9 Å². The number of rotatable bonds is 8. The third-order valence-corrected chi connectivity index (χ3v) is 8.81. The number of carbonyl (C=O) groups excluding carboxylic acids is 2. The molecule has 12 nitrogen and oxygen atoms in total. The zero-order chi connectivity index (χ0) is 37.8. The summed E-state index contributed by atoms with van der Waals surface area (Å²) in [7, 11) is 5.39. The van der Waals surface area contributed by atoms with Crippen LogP contribution in [0, 0.1) is 11.3 Å². The van der Waals surface area contributed by atoms with Crippen LogP contribution in [0.5, 0.6) is 0 Å².